The molecule has 11 heavy (non-hydrogen) atoms. The van der Waals surface area contributed by atoms with Gasteiger partial charge in [0.05, 0.1) is 13.2 Å². The van der Waals surface area contributed by atoms with Crippen molar-refractivity contribution in [2.75, 3.05) is 45.9 Å². The Kier molecular flexibility index (Phi) is 2.41. The zero-order valence-corrected chi connectivity index (χ0v) is 6.88. The molecule has 0 aromatic carbocycles. The minimum Gasteiger partial charge on any atom is -0.381 e. The molecule has 2 heterocycles. The molecule has 2 aliphatic heterocycles. The monoisotopic (exact) mass is 156 g/mol. The molecule has 2 aliphatic rings. The molecule has 0 amide bonds. The van der Waals surface area contributed by atoms with E-state index in [-0.39, 0.29) is 0 Å². The van der Waals surface area contributed by atoms with Crippen LogP contribution in [0.2, 0.25) is 0 Å². The highest BCUT2D eigenvalue weighted by atomic mass is 16.5. The molecule has 2 fully saturated rings. The summed E-state index contributed by atoms with van der Waals surface area (Å²) in [5.41, 5.74) is 0. The van der Waals surface area contributed by atoms with Crippen molar-refractivity contribution in [1.29, 1.82) is 0 Å². The second kappa shape index (κ2) is 3.52. The van der Waals surface area contributed by atoms with Gasteiger partial charge in [-0.3, -0.25) is 0 Å². The van der Waals surface area contributed by atoms with E-state index in [0.717, 1.165) is 32.2 Å². The Hall–Kier alpha value is -0.120. The Labute approximate surface area is 67.7 Å². The lowest BCUT2D eigenvalue weighted by molar-refractivity contribution is -0.0474. The third-order valence-electron chi connectivity index (χ3n) is 2.43. The first-order valence-corrected chi connectivity index (χ1v) is 4.46. The van der Waals surface area contributed by atoms with Crippen LogP contribution in [0.5, 0.6) is 0 Å². The molecule has 0 unspecified atom stereocenters. The second-order valence-electron chi connectivity index (χ2n) is 3.45. The van der Waals surface area contributed by atoms with Gasteiger partial charge in [-0.2, -0.15) is 0 Å². The van der Waals surface area contributed by atoms with Gasteiger partial charge in [0.2, 0.25) is 0 Å². The average molecular weight is 156 g/mol. The van der Waals surface area contributed by atoms with Gasteiger partial charge in [-0.05, 0) is 0 Å². The minimum absolute atomic E-state index is 0.827. The summed E-state index contributed by atoms with van der Waals surface area (Å²) in [5.74, 6) is 0.827. The van der Waals surface area contributed by atoms with Crippen LogP contribution in [0.25, 0.3) is 0 Å². The summed E-state index contributed by atoms with van der Waals surface area (Å²) in [5, 5.41) is 3.35. The first-order valence-electron chi connectivity index (χ1n) is 4.46. The predicted octanol–water partition coefficient (Wildman–Crippen LogP) is -0.462. The first-order chi connectivity index (χ1) is 5.45. The Morgan fingerprint density at radius 3 is 2.55 bits per heavy atom. The number of hydrogen-bond acceptors (Lipinski definition) is 3. The summed E-state index contributed by atoms with van der Waals surface area (Å²) in [6.07, 6.45) is 0. The number of nitrogens with zero attached hydrogens (tertiary/aromatic N) is 1. The van der Waals surface area contributed by atoms with Crippen molar-refractivity contribution in [2.45, 2.75) is 0 Å². The molecule has 0 aliphatic carbocycles. The highest BCUT2D eigenvalue weighted by molar-refractivity contribution is 4.74. The lowest BCUT2D eigenvalue weighted by atomic mass is 10.1. The smallest absolute Gasteiger partial charge is 0.0528 e. The average Bonchev–Trinajstić information content (AvgIpc) is 1.99. The molecule has 0 saturated carbocycles. The second-order valence-corrected chi connectivity index (χ2v) is 3.45. The Morgan fingerprint density at radius 2 is 2.00 bits per heavy atom. The van der Waals surface area contributed by atoms with Crippen molar-refractivity contribution in [3.05, 3.63) is 0 Å². The SMILES string of the molecule is C1CN(CC2COC2)CCN1. The van der Waals surface area contributed by atoms with Crippen molar-refractivity contribution in [3.8, 4) is 0 Å². The lowest BCUT2D eigenvalue weighted by Crippen LogP contribution is -2.48. The summed E-state index contributed by atoms with van der Waals surface area (Å²) in [4.78, 5) is 2.53. The molecule has 64 valence electrons. The number of hydrogen-bond donors (Lipinski definition) is 1. The molecule has 0 atom stereocenters. The minimum atomic E-state index is 0.827. The normalized spacial score (nSPS) is 28.4. The quantitative estimate of drug-likeness (QED) is 0.585. The summed E-state index contributed by atoms with van der Waals surface area (Å²) in [6.45, 7) is 7.99. The fourth-order valence-corrected chi connectivity index (χ4v) is 1.65. The molecule has 1 N–H and O–H groups in total. The van der Waals surface area contributed by atoms with Crippen molar-refractivity contribution >= 4 is 0 Å². The van der Waals surface area contributed by atoms with E-state index in [1.807, 2.05) is 0 Å². The lowest BCUT2D eigenvalue weighted by Gasteiger charge is -2.34. The van der Waals surface area contributed by atoms with Crippen LogP contribution in [0, 0.1) is 5.92 Å². The fourth-order valence-electron chi connectivity index (χ4n) is 1.65. The standard InChI is InChI=1S/C8H16N2O/c1-3-10(4-2-9-1)5-8-6-11-7-8/h8-9H,1-7H2. The maximum Gasteiger partial charge on any atom is 0.0528 e. The first kappa shape index (κ1) is 7.53. The van der Waals surface area contributed by atoms with Crippen LogP contribution < -0.4 is 5.32 Å². The topological polar surface area (TPSA) is 24.5 Å². The molecule has 0 bridgehead atoms. The van der Waals surface area contributed by atoms with Crippen LogP contribution in [0.1, 0.15) is 0 Å². The molecule has 3 heteroatoms. The van der Waals surface area contributed by atoms with E-state index in [1.54, 1.807) is 0 Å². The Balaban J connectivity index is 1.67. The molecule has 0 spiro atoms. The van der Waals surface area contributed by atoms with Gasteiger partial charge in [0.15, 0.2) is 0 Å². The van der Waals surface area contributed by atoms with Crippen LogP contribution in [-0.2, 0) is 4.74 Å². The third kappa shape index (κ3) is 1.92. The van der Waals surface area contributed by atoms with Gasteiger partial charge in [0, 0.05) is 38.6 Å². The van der Waals surface area contributed by atoms with Crippen LogP contribution in [0.3, 0.4) is 0 Å². The highest BCUT2D eigenvalue weighted by Crippen LogP contribution is 2.11. The van der Waals surface area contributed by atoms with Gasteiger partial charge in [-0.1, -0.05) is 0 Å². The van der Waals surface area contributed by atoms with Crippen molar-refractivity contribution in [2.24, 2.45) is 5.92 Å². The van der Waals surface area contributed by atoms with Crippen LogP contribution in [0.15, 0.2) is 0 Å². The molecular formula is C8H16N2O. The maximum atomic E-state index is 5.13. The largest absolute Gasteiger partial charge is 0.381 e. The predicted molar refractivity (Wildman–Crippen MR) is 43.6 cm³/mol. The molecule has 2 saturated heterocycles. The van der Waals surface area contributed by atoms with Crippen molar-refractivity contribution in [1.82, 2.24) is 10.2 Å². The van der Waals surface area contributed by atoms with E-state index in [0.29, 0.717) is 0 Å². The van der Waals surface area contributed by atoms with Crippen molar-refractivity contribution in [3.63, 3.8) is 0 Å². The number of ether oxygens (including phenoxy) is 1. The highest BCUT2D eigenvalue weighted by Gasteiger charge is 2.21. The summed E-state index contributed by atoms with van der Waals surface area (Å²) >= 11 is 0. The summed E-state index contributed by atoms with van der Waals surface area (Å²) < 4.78 is 5.13. The molecule has 2 rings (SSSR count). The number of rotatable bonds is 2. The van der Waals surface area contributed by atoms with Gasteiger partial charge < -0.3 is 15.0 Å². The van der Waals surface area contributed by atoms with Gasteiger partial charge in [0.25, 0.3) is 0 Å². The fraction of sp³-hybridized carbons (Fsp3) is 1.00. The molecule has 0 aromatic heterocycles. The molecule has 3 nitrogen and oxygen atoms in total. The van der Waals surface area contributed by atoms with E-state index >= 15 is 0 Å². The molecular weight excluding hydrogens is 140 g/mol. The zero-order chi connectivity index (χ0) is 7.52. The van der Waals surface area contributed by atoms with E-state index < -0.39 is 0 Å². The third-order valence-corrected chi connectivity index (χ3v) is 2.43. The van der Waals surface area contributed by atoms with Crippen molar-refractivity contribution < 1.29 is 4.74 Å². The Morgan fingerprint density at radius 1 is 1.27 bits per heavy atom. The van der Waals surface area contributed by atoms with Gasteiger partial charge >= 0.3 is 0 Å². The summed E-state index contributed by atoms with van der Waals surface area (Å²) in [7, 11) is 0. The van der Waals surface area contributed by atoms with Gasteiger partial charge in [-0.25, -0.2) is 0 Å². The van der Waals surface area contributed by atoms with E-state index in [9.17, 15) is 0 Å². The maximum absolute atomic E-state index is 5.13. The van der Waals surface area contributed by atoms with E-state index in [1.165, 1.54) is 19.6 Å². The van der Waals surface area contributed by atoms with E-state index in [2.05, 4.69) is 10.2 Å². The van der Waals surface area contributed by atoms with Crippen LogP contribution in [-0.4, -0.2) is 50.8 Å². The number of piperazine rings is 1. The zero-order valence-electron chi connectivity index (χ0n) is 6.88. The molecule has 0 aromatic rings. The van der Waals surface area contributed by atoms with Gasteiger partial charge in [0.1, 0.15) is 0 Å². The van der Waals surface area contributed by atoms with E-state index in [4.69, 9.17) is 4.74 Å². The van der Waals surface area contributed by atoms with Crippen LogP contribution in [0.4, 0.5) is 0 Å². The summed E-state index contributed by atoms with van der Waals surface area (Å²) in [6, 6.07) is 0. The Bertz CT molecular complexity index is 119. The number of nitrogens with one attached hydrogen (secondary N) is 1. The van der Waals surface area contributed by atoms with Crippen LogP contribution >= 0.6 is 0 Å². The van der Waals surface area contributed by atoms with Gasteiger partial charge in [-0.15, -0.1) is 0 Å². The molecule has 0 radical (unpaired) electrons.